The minimum Gasteiger partial charge on any atom is -0.493 e. The molecule has 0 unspecified atom stereocenters. The molecule has 0 spiro atoms. The molecule has 3 rings (SSSR count). The van der Waals surface area contributed by atoms with Gasteiger partial charge in [-0.05, 0) is 47.4 Å². The highest BCUT2D eigenvalue weighted by Crippen LogP contribution is 2.33. The molecule has 0 aromatic heterocycles. The molecule has 1 aliphatic rings. The molecule has 144 valence electrons. The molecule has 0 atom stereocenters. The van der Waals surface area contributed by atoms with E-state index >= 15 is 0 Å². The summed E-state index contributed by atoms with van der Waals surface area (Å²) in [4.78, 5) is 14.4. The topological polar surface area (TPSA) is 50.8 Å². The van der Waals surface area contributed by atoms with Crippen LogP contribution in [0.1, 0.15) is 23.1 Å². The predicted molar refractivity (Wildman–Crippen MR) is 101 cm³/mol. The molecule has 2 aromatic rings. The van der Waals surface area contributed by atoms with Gasteiger partial charge < -0.3 is 19.7 Å². The van der Waals surface area contributed by atoms with Crippen LogP contribution in [0.3, 0.4) is 0 Å². The first-order chi connectivity index (χ1) is 13.1. The van der Waals surface area contributed by atoms with E-state index in [1.165, 1.54) is 17.7 Å². The van der Waals surface area contributed by atoms with Crippen molar-refractivity contribution in [2.24, 2.45) is 0 Å². The lowest BCUT2D eigenvalue weighted by Crippen LogP contribution is -2.37. The number of rotatable bonds is 7. The fourth-order valence-electron chi connectivity index (χ4n) is 3.28. The molecule has 1 N–H and O–H groups in total. The van der Waals surface area contributed by atoms with Crippen LogP contribution in [0.25, 0.3) is 0 Å². The third kappa shape index (κ3) is 4.77. The predicted octanol–water partition coefficient (Wildman–Crippen LogP) is 2.91. The summed E-state index contributed by atoms with van der Waals surface area (Å²) in [6, 6.07) is 10.3. The second kappa shape index (κ2) is 8.86. The molecule has 1 heterocycles. The Balaban J connectivity index is 1.50. The standard InChI is InChI=1S/C21H25FN2O3/c1-26-19-11-16-8-10-24(14-17(16)12-20(19)27-2)21(25)7-9-23-13-15-3-5-18(22)6-4-15/h3-6,11-12,23H,7-10,13-14H2,1-2H3. The van der Waals surface area contributed by atoms with Gasteiger partial charge in [0.2, 0.25) is 5.91 Å². The summed E-state index contributed by atoms with van der Waals surface area (Å²) in [5, 5.41) is 3.24. The average Bonchev–Trinajstić information content (AvgIpc) is 2.70. The number of nitrogens with one attached hydrogen (secondary N) is 1. The molecule has 1 aliphatic heterocycles. The van der Waals surface area contributed by atoms with E-state index in [1.807, 2.05) is 17.0 Å². The average molecular weight is 372 g/mol. The number of methoxy groups -OCH3 is 2. The molecule has 2 aromatic carbocycles. The molecule has 0 saturated carbocycles. The van der Waals surface area contributed by atoms with Crippen LogP contribution in [0.15, 0.2) is 36.4 Å². The minimum absolute atomic E-state index is 0.127. The lowest BCUT2D eigenvalue weighted by atomic mass is 9.98. The quantitative estimate of drug-likeness (QED) is 0.760. The zero-order valence-electron chi connectivity index (χ0n) is 15.8. The van der Waals surface area contributed by atoms with Crippen molar-refractivity contribution >= 4 is 5.91 Å². The van der Waals surface area contributed by atoms with Gasteiger partial charge in [-0.15, -0.1) is 0 Å². The molecule has 27 heavy (non-hydrogen) atoms. The largest absolute Gasteiger partial charge is 0.493 e. The normalized spacial score (nSPS) is 13.2. The third-order valence-electron chi connectivity index (χ3n) is 4.83. The highest BCUT2D eigenvalue weighted by molar-refractivity contribution is 5.76. The van der Waals surface area contributed by atoms with Gasteiger partial charge >= 0.3 is 0 Å². The summed E-state index contributed by atoms with van der Waals surface area (Å²) >= 11 is 0. The van der Waals surface area contributed by atoms with Crippen molar-refractivity contribution in [2.45, 2.75) is 25.9 Å². The van der Waals surface area contributed by atoms with Crippen molar-refractivity contribution in [1.82, 2.24) is 10.2 Å². The first-order valence-corrected chi connectivity index (χ1v) is 9.07. The van der Waals surface area contributed by atoms with E-state index in [0.717, 1.165) is 23.3 Å². The van der Waals surface area contributed by atoms with E-state index in [-0.39, 0.29) is 11.7 Å². The Hall–Kier alpha value is -2.60. The number of carbonyl (C=O) groups excluding carboxylic acids is 1. The van der Waals surface area contributed by atoms with Crippen molar-refractivity contribution in [3.05, 3.63) is 58.9 Å². The molecule has 0 aliphatic carbocycles. The van der Waals surface area contributed by atoms with E-state index in [4.69, 9.17) is 9.47 Å². The van der Waals surface area contributed by atoms with Gasteiger partial charge in [0.1, 0.15) is 5.82 Å². The summed E-state index contributed by atoms with van der Waals surface area (Å²) in [6.45, 7) is 2.50. The van der Waals surface area contributed by atoms with Crippen molar-refractivity contribution in [2.75, 3.05) is 27.3 Å². The zero-order chi connectivity index (χ0) is 19.2. The van der Waals surface area contributed by atoms with Gasteiger partial charge in [0.25, 0.3) is 0 Å². The first-order valence-electron chi connectivity index (χ1n) is 9.07. The van der Waals surface area contributed by atoms with Crippen molar-refractivity contribution in [1.29, 1.82) is 0 Å². The summed E-state index contributed by atoms with van der Waals surface area (Å²) < 4.78 is 23.6. The van der Waals surface area contributed by atoms with Crippen molar-refractivity contribution in [3.63, 3.8) is 0 Å². The fourth-order valence-corrected chi connectivity index (χ4v) is 3.28. The Labute approximate surface area is 159 Å². The van der Waals surface area contributed by atoms with Gasteiger partial charge in [-0.25, -0.2) is 4.39 Å². The summed E-state index contributed by atoms with van der Waals surface area (Å²) in [5.74, 6) is 1.29. The molecule has 0 bridgehead atoms. The number of ether oxygens (including phenoxy) is 2. The maximum Gasteiger partial charge on any atom is 0.224 e. The van der Waals surface area contributed by atoms with Crippen LogP contribution in [-0.2, 0) is 24.3 Å². The van der Waals surface area contributed by atoms with Crippen LogP contribution in [-0.4, -0.2) is 38.1 Å². The monoisotopic (exact) mass is 372 g/mol. The highest BCUT2D eigenvalue weighted by Gasteiger charge is 2.22. The molecule has 6 heteroatoms. The maximum absolute atomic E-state index is 12.9. The first kappa shape index (κ1) is 19.2. The van der Waals surface area contributed by atoms with Gasteiger partial charge in [0.05, 0.1) is 14.2 Å². The molecule has 0 fully saturated rings. The fraction of sp³-hybridized carbons (Fsp3) is 0.381. The van der Waals surface area contributed by atoms with Crippen molar-refractivity contribution < 1.29 is 18.7 Å². The number of amides is 1. The number of fused-ring (bicyclic) bond motifs is 1. The minimum atomic E-state index is -0.242. The van der Waals surface area contributed by atoms with Crippen molar-refractivity contribution in [3.8, 4) is 11.5 Å². The Morgan fingerprint density at radius 3 is 2.44 bits per heavy atom. The zero-order valence-corrected chi connectivity index (χ0v) is 15.8. The Morgan fingerprint density at radius 1 is 1.11 bits per heavy atom. The Morgan fingerprint density at radius 2 is 1.78 bits per heavy atom. The van der Waals surface area contributed by atoms with E-state index in [2.05, 4.69) is 5.32 Å². The lowest BCUT2D eigenvalue weighted by molar-refractivity contribution is -0.132. The second-order valence-corrected chi connectivity index (χ2v) is 6.59. The number of halogens is 1. The number of hydrogen-bond acceptors (Lipinski definition) is 4. The number of carbonyl (C=O) groups is 1. The summed E-state index contributed by atoms with van der Waals surface area (Å²) in [5.41, 5.74) is 3.30. The maximum atomic E-state index is 12.9. The Kier molecular flexibility index (Phi) is 6.29. The SMILES string of the molecule is COc1cc2c(cc1OC)CN(C(=O)CCNCc1ccc(F)cc1)CC2. The van der Waals surface area contributed by atoms with Gasteiger partial charge in [-0.2, -0.15) is 0 Å². The molecular formula is C21H25FN2O3. The van der Waals surface area contributed by atoms with Crippen LogP contribution in [0, 0.1) is 5.82 Å². The highest BCUT2D eigenvalue weighted by atomic mass is 19.1. The van der Waals surface area contributed by atoms with Gasteiger partial charge in [-0.3, -0.25) is 4.79 Å². The lowest BCUT2D eigenvalue weighted by Gasteiger charge is -2.29. The van der Waals surface area contributed by atoms with Crippen LogP contribution in [0.5, 0.6) is 11.5 Å². The van der Waals surface area contributed by atoms with E-state index in [0.29, 0.717) is 38.3 Å². The van der Waals surface area contributed by atoms with Crippen LogP contribution in [0.2, 0.25) is 0 Å². The smallest absolute Gasteiger partial charge is 0.224 e. The third-order valence-corrected chi connectivity index (χ3v) is 4.83. The molecule has 0 saturated heterocycles. The number of hydrogen-bond donors (Lipinski definition) is 1. The summed E-state index contributed by atoms with van der Waals surface area (Å²) in [7, 11) is 3.24. The van der Waals surface area contributed by atoms with Crippen LogP contribution in [0.4, 0.5) is 4.39 Å². The van der Waals surface area contributed by atoms with Gasteiger partial charge in [-0.1, -0.05) is 12.1 Å². The number of nitrogens with zero attached hydrogens (tertiary/aromatic N) is 1. The van der Waals surface area contributed by atoms with Crippen LogP contribution >= 0.6 is 0 Å². The van der Waals surface area contributed by atoms with Gasteiger partial charge in [0, 0.05) is 32.6 Å². The van der Waals surface area contributed by atoms with E-state index < -0.39 is 0 Å². The van der Waals surface area contributed by atoms with E-state index in [9.17, 15) is 9.18 Å². The summed E-state index contributed by atoms with van der Waals surface area (Å²) in [6.07, 6.45) is 1.24. The van der Waals surface area contributed by atoms with E-state index in [1.54, 1.807) is 26.4 Å². The Bertz CT molecular complexity index is 793. The molecule has 1 amide bonds. The molecule has 5 nitrogen and oxygen atoms in total. The second-order valence-electron chi connectivity index (χ2n) is 6.59. The molecular weight excluding hydrogens is 347 g/mol. The number of benzene rings is 2. The van der Waals surface area contributed by atoms with Gasteiger partial charge in [0.15, 0.2) is 11.5 Å². The van der Waals surface area contributed by atoms with Crippen LogP contribution < -0.4 is 14.8 Å². The molecule has 0 radical (unpaired) electrons.